The molecule has 17 heavy (non-hydrogen) atoms. The number of carboxylic acids is 1. The van der Waals surface area contributed by atoms with Gasteiger partial charge in [0, 0.05) is 12.6 Å². The number of rotatable bonds is 5. The lowest BCUT2D eigenvalue weighted by Gasteiger charge is -2.39. The lowest BCUT2D eigenvalue weighted by atomic mass is 9.97. The van der Waals surface area contributed by atoms with Crippen LogP contribution in [0.25, 0.3) is 0 Å². The highest BCUT2D eigenvalue weighted by atomic mass is 16.5. The van der Waals surface area contributed by atoms with Crippen molar-refractivity contribution in [3.05, 3.63) is 0 Å². The first-order chi connectivity index (χ1) is 7.88. The van der Waals surface area contributed by atoms with E-state index in [-0.39, 0.29) is 18.8 Å². The summed E-state index contributed by atoms with van der Waals surface area (Å²) in [6, 6.07) is 0.340. The average molecular weight is 243 g/mol. The second kappa shape index (κ2) is 6.36. The van der Waals surface area contributed by atoms with Gasteiger partial charge in [-0.15, -0.1) is 0 Å². The van der Waals surface area contributed by atoms with Gasteiger partial charge >= 0.3 is 5.97 Å². The maximum Gasteiger partial charge on any atom is 0.317 e. The molecule has 1 N–H and O–H groups in total. The summed E-state index contributed by atoms with van der Waals surface area (Å²) in [6.45, 7) is 9.37. The molecule has 0 spiro atoms. The SMILES string of the molecule is CC(C)CN(CC(=O)O)C1CC(C)OC(C)C1. The van der Waals surface area contributed by atoms with Gasteiger partial charge in [-0.2, -0.15) is 0 Å². The highest BCUT2D eigenvalue weighted by Gasteiger charge is 2.30. The molecule has 2 unspecified atom stereocenters. The average Bonchev–Trinajstić information content (AvgIpc) is 2.13. The van der Waals surface area contributed by atoms with Gasteiger partial charge in [-0.3, -0.25) is 9.69 Å². The van der Waals surface area contributed by atoms with Crippen molar-refractivity contribution in [2.75, 3.05) is 13.1 Å². The van der Waals surface area contributed by atoms with Crippen molar-refractivity contribution in [1.29, 1.82) is 0 Å². The molecule has 0 aromatic heterocycles. The van der Waals surface area contributed by atoms with Crippen LogP contribution in [0.5, 0.6) is 0 Å². The molecule has 0 bridgehead atoms. The molecular weight excluding hydrogens is 218 g/mol. The van der Waals surface area contributed by atoms with Crippen LogP contribution in [0, 0.1) is 5.92 Å². The topological polar surface area (TPSA) is 49.8 Å². The van der Waals surface area contributed by atoms with Crippen molar-refractivity contribution in [1.82, 2.24) is 4.90 Å². The first-order valence-electron chi connectivity index (χ1n) is 6.49. The van der Waals surface area contributed by atoms with Crippen molar-refractivity contribution in [3.63, 3.8) is 0 Å². The zero-order valence-corrected chi connectivity index (χ0v) is 11.3. The van der Waals surface area contributed by atoms with E-state index < -0.39 is 5.97 Å². The fraction of sp³-hybridized carbons (Fsp3) is 0.923. The highest BCUT2D eigenvalue weighted by Crippen LogP contribution is 2.24. The Labute approximate surface area is 104 Å². The van der Waals surface area contributed by atoms with E-state index >= 15 is 0 Å². The largest absolute Gasteiger partial charge is 0.480 e. The second-order valence-electron chi connectivity index (χ2n) is 5.60. The number of aliphatic carboxylic acids is 1. The summed E-state index contributed by atoms with van der Waals surface area (Å²) in [7, 11) is 0. The Kier molecular flexibility index (Phi) is 5.40. The van der Waals surface area contributed by atoms with Crippen LogP contribution in [0.15, 0.2) is 0 Å². The van der Waals surface area contributed by atoms with Crippen LogP contribution in [0.1, 0.15) is 40.5 Å². The van der Waals surface area contributed by atoms with Gasteiger partial charge in [0.25, 0.3) is 0 Å². The predicted molar refractivity (Wildman–Crippen MR) is 67.1 cm³/mol. The molecule has 1 rings (SSSR count). The van der Waals surface area contributed by atoms with Crippen LogP contribution >= 0.6 is 0 Å². The van der Waals surface area contributed by atoms with E-state index in [4.69, 9.17) is 9.84 Å². The van der Waals surface area contributed by atoms with Gasteiger partial charge in [0.15, 0.2) is 0 Å². The van der Waals surface area contributed by atoms with Crippen molar-refractivity contribution in [3.8, 4) is 0 Å². The van der Waals surface area contributed by atoms with Crippen molar-refractivity contribution in [2.24, 2.45) is 5.92 Å². The molecule has 0 saturated carbocycles. The molecule has 0 aliphatic carbocycles. The van der Waals surface area contributed by atoms with E-state index in [2.05, 4.69) is 32.6 Å². The number of carbonyl (C=O) groups is 1. The minimum Gasteiger partial charge on any atom is -0.480 e. The van der Waals surface area contributed by atoms with Crippen LogP contribution in [0.3, 0.4) is 0 Å². The molecule has 4 heteroatoms. The van der Waals surface area contributed by atoms with E-state index in [9.17, 15) is 4.79 Å². The van der Waals surface area contributed by atoms with E-state index in [0.717, 1.165) is 19.4 Å². The van der Waals surface area contributed by atoms with Crippen LogP contribution in [-0.4, -0.2) is 47.3 Å². The van der Waals surface area contributed by atoms with E-state index in [1.54, 1.807) is 0 Å². The van der Waals surface area contributed by atoms with Gasteiger partial charge in [0.2, 0.25) is 0 Å². The number of carboxylic acid groups (broad SMARTS) is 1. The van der Waals surface area contributed by atoms with Crippen molar-refractivity contribution >= 4 is 5.97 Å². The quantitative estimate of drug-likeness (QED) is 0.802. The van der Waals surface area contributed by atoms with E-state index in [1.807, 2.05) is 0 Å². The molecular formula is C13H25NO3. The third-order valence-corrected chi connectivity index (χ3v) is 3.13. The molecule has 1 heterocycles. The minimum absolute atomic E-state index is 0.141. The monoisotopic (exact) mass is 243 g/mol. The summed E-state index contributed by atoms with van der Waals surface area (Å²) in [5.74, 6) is -0.250. The second-order valence-corrected chi connectivity index (χ2v) is 5.60. The number of nitrogens with zero attached hydrogens (tertiary/aromatic N) is 1. The molecule has 1 aliphatic rings. The van der Waals surface area contributed by atoms with Crippen molar-refractivity contribution < 1.29 is 14.6 Å². The van der Waals surface area contributed by atoms with Crippen LogP contribution in [0.2, 0.25) is 0 Å². The predicted octanol–water partition coefficient (Wildman–Crippen LogP) is 1.98. The summed E-state index contributed by atoms with van der Waals surface area (Å²) in [5.41, 5.74) is 0. The molecule has 1 aliphatic heterocycles. The number of ether oxygens (including phenoxy) is 1. The molecule has 0 radical (unpaired) electrons. The van der Waals surface area contributed by atoms with Gasteiger partial charge < -0.3 is 9.84 Å². The maximum absolute atomic E-state index is 10.9. The first kappa shape index (κ1) is 14.5. The number of hydrogen-bond acceptors (Lipinski definition) is 3. The Balaban J connectivity index is 2.63. The van der Waals surface area contributed by atoms with Gasteiger partial charge in [-0.05, 0) is 32.6 Å². The Hall–Kier alpha value is -0.610. The third kappa shape index (κ3) is 5.04. The molecule has 1 saturated heterocycles. The first-order valence-corrected chi connectivity index (χ1v) is 6.49. The van der Waals surface area contributed by atoms with Gasteiger partial charge in [0.05, 0.1) is 18.8 Å². The van der Waals surface area contributed by atoms with Gasteiger partial charge in [0.1, 0.15) is 0 Å². The molecule has 0 amide bonds. The molecule has 2 atom stereocenters. The maximum atomic E-state index is 10.9. The van der Waals surface area contributed by atoms with Crippen LogP contribution in [0.4, 0.5) is 0 Å². The highest BCUT2D eigenvalue weighted by molar-refractivity contribution is 5.69. The lowest BCUT2D eigenvalue weighted by molar-refractivity contribution is -0.140. The summed E-state index contributed by atoms with van der Waals surface area (Å²) >= 11 is 0. The van der Waals surface area contributed by atoms with Crippen LogP contribution in [-0.2, 0) is 9.53 Å². The fourth-order valence-electron chi connectivity index (χ4n) is 2.65. The summed E-state index contributed by atoms with van der Waals surface area (Å²) in [6.07, 6.45) is 2.33. The number of hydrogen-bond donors (Lipinski definition) is 1. The van der Waals surface area contributed by atoms with E-state index in [1.165, 1.54) is 0 Å². The zero-order chi connectivity index (χ0) is 13.0. The van der Waals surface area contributed by atoms with Gasteiger partial charge in [-0.25, -0.2) is 0 Å². The molecule has 100 valence electrons. The molecule has 4 nitrogen and oxygen atoms in total. The Bertz CT molecular complexity index is 245. The molecule has 0 aromatic carbocycles. The molecule has 1 fully saturated rings. The Morgan fingerprint density at radius 1 is 1.35 bits per heavy atom. The van der Waals surface area contributed by atoms with Crippen molar-refractivity contribution in [2.45, 2.75) is 58.8 Å². The van der Waals surface area contributed by atoms with E-state index in [0.29, 0.717) is 12.0 Å². The lowest BCUT2D eigenvalue weighted by Crippen LogP contribution is -2.47. The molecule has 0 aromatic rings. The third-order valence-electron chi connectivity index (χ3n) is 3.13. The normalized spacial score (nSPS) is 29.9. The summed E-state index contributed by atoms with van der Waals surface area (Å²) in [5, 5.41) is 8.99. The van der Waals surface area contributed by atoms with Gasteiger partial charge in [-0.1, -0.05) is 13.8 Å². The Morgan fingerprint density at radius 3 is 2.29 bits per heavy atom. The Morgan fingerprint density at radius 2 is 1.88 bits per heavy atom. The summed E-state index contributed by atoms with van der Waals surface area (Å²) in [4.78, 5) is 13.0. The summed E-state index contributed by atoms with van der Waals surface area (Å²) < 4.78 is 5.70. The smallest absolute Gasteiger partial charge is 0.317 e. The van der Waals surface area contributed by atoms with Crippen LogP contribution < -0.4 is 0 Å². The standard InChI is InChI=1S/C13H25NO3/c1-9(2)7-14(8-13(15)16)12-5-10(3)17-11(4)6-12/h9-12H,5-8H2,1-4H3,(H,15,16). The fourth-order valence-corrected chi connectivity index (χ4v) is 2.65. The zero-order valence-electron chi connectivity index (χ0n) is 11.3. The minimum atomic E-state index is -0.738.